The Kier molecular flexibility index (Phi) is 7.08. The van der Waals surface area contributed by atoms with Crippen molar-refractivity contribution in [2.45, 2.75) is 30.6 Å². The summed E-state index contributed by atoms with van der Waals surface area (Å²) in [6.07, 6.45) is 0. The molecule has 0 spiro atoms. The monoisotopic (exact) mass is 523 g/mol. The highest BCUT2D eigenvalue weighted by molar-refractivity contribution is 7.92. The molecule has 0 aromatic heterocycles. The number of hydrogen-bond donors (Lipinski definition) is 1. The maximum atomic E-state index is 14.0. The number of aryl methyl sites for hydroxylation is 1. The van der Waals surface area contributed by atoms with Crippen LogP contribution in [0.2, 0.25) is 0 Å². The van der Waals surface area contributed by atoms with Gasteiger partial charge in [0.25, 0.3) is 0 Å². The third-order valence-corrected chi connectivity index (χ3v) is 10.1. The Morgan fingerprint density at radius 1 is 0.750 bits per heavy atom. The van der Waals surface area contributed by atoms with E-state index in [4.69, 9.17) is 5.73 Å². The molecule has 0 saturated heterocycles. The number of nitrogen functional groups attached to an aromatic ring is 1. The summed E-state index contributed by atoms with van der Waals surface area (Å²) in [6, 6.07) is 23.7. The van der Waals surface area contributed by atoms with E-state index in [2.05, 4.69) is 0 Å². The SMILES string of the molecule is CCN(CC)S(=O)(=O)N(c1ccc2ccccc2c1)c1cccc(C)c1S(=O)(=O)c1ccc(N)cc1. The first-order chi connectivity index (χ1) is 17.1. The molecule has 4 aromatic rings. The lowest BCUT2D eigenvalue weighted by Crippen LogP contribution is -2.42. The summed E-state index contributed by atoms with van der Waals surface area (Å²) in [5.74, 6) is 0. The van der Waals surface area contributed by atoms with Crippen LogP contribution in [0.25, 0.3) is 10.8 Å². The smallest absolute Gasteiger partial charge is 0.308 e. The standard InChI is InChI=1S/C27H29N3O4S2/c1-4-29(5-2)36(33,34)30(24-16-13-21-10-6-7-11-22(21)19-24)26-12-8-9-20(3)27(26)35(31,32)25-17-14-23(28)15-18-25/h6-19H,4-5,28H2,1-3H3. The number of hydrogen-bond acceptors (Lipinski definition) is 5. The van der Waals surface area contributed by atoms with Gasteiger partial charge in [-0.3, -0.25) is 0 Å². The van der Waals surface area contributed by atoms with Gasteiger partial charge in [-0.25, -0.2) is 12.7 Å². The van der Waals surface area contributed by atoms with E-state index in [0.29, 0.717) is 16.9 Å². The van der Waals surface area contributed by atoms with Crippen molar-refractivity contribution in [3.63, 3.8) is 0 Å². The molecule has 0 heterocycles. The quantitative estimate of drug-likeness (QED) is 0.316. The van der Waals surface area contributed by atoms with Gasteiger partial charge < -0.3 is 5.73 Å². The lowest BCUT2D eigenvalue weighted by molar-refractivity contribution is 0.445. The first kappa shape index (κ1) is 25.7. The fraction of sp³-hybridized carbons (Fsp3) is 0.185. The van der Waals surface area contributed by atoms with Crippen molar-refractivity contribution in [2.24, 2.45) is 0 Å². The van der Waals surface area contributed by atoms with Crippen LogP contribution in [0.1, 0.15) is 19.4 Å². The molecule has 4 aromatic carbocycles. The van der Waals surface area contributed by atoms with Crippen LogP contribution in [-0.2, 0) is 20.0 Å². The molecule has 2 N–H and O–H groups in total. The fourth-order valence-corrected chi connectivity index (χ4v) is 7.65. The van der Waals surface area contributed by atoms with Gasteiger partial charge in [-0.2, -0.15) is 12.7 Å². The van der Waals surface area contributed by atoms with E-state index in [9.17, 15) is 16.8 Å². The zero-order valence-electron chi connectivity index (χ0n) is 20.4. The minimum absolute atomic E-state index is 0.0333. The first-order valence-corrected chi connectivity index (χ1v) is 14.5. The van der Waals surface area contributed by atoms with Gasteiger partial charge in [-0.05, 0) is 65.7 Å². The molecular formula is C27H29N3O4S2. The molecule has 0 amide bonds. The third kappa shape index (κ3) is 4.57. The third-order valence-electron chi connectivity index (χ3n) is 6.10. The minimum atomic E-state index is -4.14. The predicted molar refractivity (Wildman–Crippen MR) is 145 cm³/mol. The molecular weight excluding hydrogens is 494 g/mol. The molecule has 0 aliphatic rings. The summed E-state index contributed by atoms with van der Waals surface area (Å²) in [4.78, 5) is -0.0374. The van der Waals surface area contributed by atoms with Crippen molar-refractivity contribution in [3.05, 3.63) is 90.5 Å². The second kappa shape index (κ2) is 9.93. The van der Waals surface area contributed by atoms with Gasteiger partial charge in [0.15, 0.2) is 0 Å². The van der Waals surface area contributed by atoms with Crippen molar-refractivity contribution in [1.29, 1.82) is 0 Å². The molecule has 0 bridgehead atoms. The highest BCUT2D eigenvalue weighted by Gasteiger charge is 2.35. The van der Waals surface area contributed by atoms with Crippen LogP contribution in [0.15, 0.2) is 94.7 Å². The van der Waals surface area contributed by atoms with Crippen LogP contribution in [0.4, 0.5) is 17.1 Å². The van der Waals surface area contributed by atoms with Gasteiger partial charge in [0, 0.05) is 18.8 Å². The van der Waals surface area contributed by atoms with E-state index in [1.165, 1.54) is 34.6 Å². The van der Waals surface area contributed by atoms with E-state index in [1.807, 2.05) is 30.3 Å². The second-order valence-corrected chi connectivity index (χ2v) is 12.0. The van der Waals surface area contributed by atoms with Crippen LogP contribution in [-0.4, -0.2) is 34.2 Å². The number of fused-ring (bicyclic) bond motifs is 1. The predicted octanol–water partition coefficient (Wildman–Crippen LogP) is 5.29. The van der Waals surface area contributed by atoms with Gasteiger partial charge in [-0.15, -0.1) is 0 Å². The van der Waals surface area contributed by atoms with E-state index in [0.717, 1.165) is 15.1 Å². The molecule has 0 radical (unpaired) electrons. The topological polar surface area (TPSA) is 101 Å². The van der Waals surface area contributed by atoms with Crippen LogP contribution in [0.3, 0.4) is 0 Å². The molecule has 7 nitrogen and oxygen atoms in total. The highest BCUT2D eigenvalue weighted by atomic mass is 32.2. The van der Waals surface area contributed by atoms with Gasteiger partial charge in [0.1, 0.15) is 0 Å². The zero-order chi connectivity index (χ0) is 26.1. The van der Waals surface area contributed by atoms with E-state index in [-0.39, 0.29) is 28.6 Å². The summed E-state index contributed by atoms with van der Waals surface area (Å²) >= 11 is 0. The van der Waals surface area contributed by atoms with Crippen molar-refractivity contribution < 1.29 is 16.8 Å². The molecule has 9 heteroatoms. The Morgan fingerprint density at radius 3 is 2.03 bits per heavy atom. The summed E-state index contributed by atoms with van der Waals surface area (Å²) in [7, 11) is -8.24. The molecule has 0 atom stereocenters. The maximum absolute atomic E-state index is 14.0. The molecule has 188 valence electrons. The van der Waals surface area contributed by atoms with E-state index in [1.54, 1.807) is 45.0 Å². The van der Waals surface area contributed by atoms with E-state index < -0.39 is 20.0 Å². The number of rotatable bonds is 8. The van der Waals surface area contributed by atoms with Crippen LogP contribution in [0.5, 0.6) is 0 Å². The van der Waals surface area contributed by atoms with Crippen molar-refractivity contribution in [2.75, 3.05) is 23.1 Å². The van der Waals surface area contributed by atoms with Crippen LogP contribution < -0.4 is 10.0 Å². The molecule has 0 saturated carbocycles. The maximum Gasteiger partial charge on any atom is 0.308 e. The number of nitrogens with two attached hydrogens (primary N) is 1. The van der Waals surface area contributed by atoms with Gasteiger partial charge in [0.05, 0.1) is 21.2 Å². The summed E-state index contributed by atoms with van der Waals surface area (Å²) in [5, 5.41) is 1.78. The lowest BCUT2D eigenvalue weighted by Gasteiger charge is -2.32. The molecule has 0 aliphatic carbocycles. The Bertz CT molecular complexity index is 1610. The Labute approximate surface area is 212 Å². The van der Waals surface area contributed by atoms with Gasteiger partial charge in [-0.1, -0.05) is 56.3 Å². The summed E-state index contributed by atoms with van der Waals surface area (Å²) < 4.78 is 58.3. The molecule has 0 unspecified atom stereocenters. The molecule has 0 fully saturated rings. The van der Waals surface area contributed by atoms with Crippen LogP contribution in [0, 0.1) is 6.92 Å². The first-order valence-electron chi connectivity index (χ1n) is 11.6. The highest BCUT2D eigenvalue weighted by Crippen LogP contribution is 2.40. The number of nitrogens with zero attached hydrogens (tertiary/aromatic N) is 2. The number of sulfone groups is 1. The number of anilines is 3. The molecule has 36 heavy (non-hydrogen) atoms. The normalized spacial score (nSPS) is 12.2. The largest absolute Gasteiger partial charge is 0.399 e. The number of benzene rings is 4. The van der Waals surface area contributed by atoms with Crippen LogP contribution >= 0.6 is 0 Å². The van der Waals surface area contributed by atoms with Crippen molar-refractivity contribution >= 4 is 47.9 Å². The Morgan fingerprint density at radius 2 is 1.39 bits per heavy atom. The minimum Gasteiger partial charge on any atom is -0.399 e. The second-order valence-electron chi connectivity index (χ2n) is 8.38. The Balaban J connectivity index is 2.05. The molecule has 0 aliphatic heterocycles. The fourth-order valence-electron chi connectivity index (χ4n) is 4.28. The van der Waals surface area contributed by atoms with E-state index >= 15 is 0 Å². The molecule has 4 rings (SSSR count). The van der Waals surface area contributed by atoms with Gasteiger partial charge >= 0.3 is 10.2 Å². The lowest BCUT2D eigenvalue weighted by atomic mass is 10.1. The summed E-state index contributed by atoms with van der Waals surface area (Å²) in [6.45, 7) is 5.63. The van der Waals surface area contributed by atoms with Crippen molar-refractivity contribution in [3.8, 4) is 0 Å². The van der Waals surface area contributed by atoms with Gasteiger partial charge in [0.2, 0.25) is 9.84 Å². The Hall–Kier alpha value is -3.40. The average Bonchev–Trinajstić information content (AvgIpc) is 2.84. The average molecular weight is 524 g/mol. The van der Waals surface area contributed by atoms with Crippen molar-refractivity contribution in [1.82, 2.24) is 4.31 Å². The zero-order valence-corrected chi connectivity index (χ0v) is 22.1. The summed E-state index contributed by atoms with van der Waals surface area (Å²) in [5.41, 5.74) is 7.05.